The van der Waals surface area contributed by atoms with E-state index >= 15 is 0 Å². The highest BCUT2D eigenvalue weighted by atomic mass is 19.3. The molecule has 2 aromatic carbocycles. The predicted molar refractivity (Wildman–Crippen MR) is 136 cm³/mol. The van der Waals surface area contributed by atoms with Gasteiger partial charge in [-0.15, -0.1) is 0 Å². The number of alkyl halides is 2. The molecule has 0 amide bonds. The van der Waals surface area contributed by atoms with E-state index in [4.69, 9.17) is 4.74 Å². The molecule has 0 aliphatic carbocycles. The maximum Gasteiger partial charge on any atom is 0.307 e. The van der Waals surface area contributed by atoms with Crippen LogP contribution in [0, 0.1) is 0 Å². The average Bonchev–Trinajstić information content (AvgIpc) is 2.80. The molecular formula is C29H40F2N2O2. The topological polar surface area (TPSA) is 32.8 Å². The van der Waals surface area contributed by atoms with Gasteiger partial charge in [-0.3, -0.25) is 9.69 Å². The molecule has 35 heavy (non-hydrogen) atoms. The zero-order valence-corrected chi connectivity index (χ0v) is 21.6. The van der Waals surface area contributed by atoms with E-state index in [1.807, 2.05) is 57.2 Å². The van der Waals surface area contributed by atoms with Gasteiger partial charge in [-0.2, -0.15) is 8.78 Å². The first kappa shape index (κ1) is 27.3. The molecule has 0 saturated carbocycles. The molecule has 0 radical (unpaired) electrons. The van der Waals surface area contributed by atoms with Crippen LogP contribution in [0.5, 0.6) is 0 Å². The summed E-state index contributed by atoms with van der Waals surface area (Å²) in [6.07, 6.45) is 1.84. The van der Waals surface area contributed by atoms with Crippen molar-refractivity contribution in [3.63, 3.8) is 0 Å². The molecule has 0 spiro atoms. The van der Waals surface area contributed by atoms with Crippen LogP contribution in [0.4, 0.5) is 8.78 Å². The Bertz CT molecular complexity index is 915. The molecule has 4 nitrogen and oxygen atoms in total. The highest BCUT2D eigenvalue weighted by Crippen LogP contribution is 2.33. The van der Waals surface area contributed by atoms with E-state index in [0.29, 0.717) is 25.9 Å². The molecule has 1 fully saturated rings. The van der Waals surface area contributed by atoms with E-state index < -0.39 is 11.6 Å². The van der Waals surface area contributed by atoms with Gasteiger partial charge in [0.1, 0.15) is 5.60 Å². The molecule has 3 rings (SSSR count). The third-order valence-electron chi connectivity index (χ3n) is 6.63. The number of hydrogen-bond donors (Lipinski definition) is 0. The summed E-state index contributed by atoms with van der Waals surface area (Å²) in [5, 5.41) is 0. The second-order valence-electron chi connectivity index (χ2n) is 10.6. The van der Waals surface area contributed by atoms with Crippen molar-refractivity contribution in [2.45, 2.75) is 90.1 Å². The number of carbonyl (C=O) groups is 1. The smallest absolute Gasteiger partial charge is 0.307 e. The van der Waals surface area contributed by atoms with Crippen LogP contribution in [0.25, 0.3) is 0 Å². The van der Waals surface area contributed by atoms with E-state index in [1.54, 1.807) is 0 Å². The lowest BCUT2D eigenvalue weighted by Gasteiger charge is -2.40. The van der Waals surface area contributed by atoms with Gasteiger partial charge in [0.25, 0.3) is 0 Å². The minimum Gasteiger partial charge on any atom is -0.460 e. The molecule has 1 aliphatic rings. The van der Waals surface area contributed by atoms with Gasteiger partial charge in [0.2, 0.25) is 0 Å². The number of piperidine rings is 1. The minimum atomic E-state index is -2.79. The number of hydrogen-bond acceptors (Lipinski definition) is 4. The Labute approximate surface area is 209 Å². The Morgan fingerprint density at radius 3 is 2.29 bits per heavy atom. The van der Waals surface area contributed by atoms with Crippen LogP contribution in [0.3, 0.4) is 0 Å². The van der Waals surface area contributed by atoms with Crippen molar-refractivity contribution in [2.24, 2.45) is 0 Å². The second-order valence-corrected chi connectivity index (χ2v) is 10.6. The Morgan fingerprint density at radius 1 is 1.06 bits per heavy atom. The zero-order valence-electron chi connectivity index (χ0n) is 21.6. The van der Waals surface area contributed by atoms with E-state index in [-0.39, 0.29) is 37.4 Å². The van der Waals surface area contributed by atoms with Crippen molar-refractivity contribution in [2.75, 3.05) is 13.1 Å². The van der Waals surface area contributed by atoms with Gasteiger partial charge in [-0.1, -0.05) is 60.7 Å². The summed E-state index contributed by atoms with van der Waals surface area (Å²) in [4.78, 5) is 16.5. The summed E-state index contributed by atoms with van der Waals surface area (Å²) in [6, 6.07) is 17.2. The monoisotopic (exact) mass is 486 g/mol. The first-order chi connectivity index (χ1) is 16.5. The van der Waals surface area contributed by atoms with Crippen molar-refractivity contribution in [1.82, 2.24) is 9.80 Å². The van der Waals surface area contributed by atoms with Crippen LogP contribution >= 0.6 is 0 Å². The third-order valence-corrected chi connectivity index (χ3v) is 6.63. The zero-order chi connectivity index (χ0) is 25.5. The lowest BCUT2D eigenvalue weighted by Crippen LogP contribution is -2.48. The number of halogens is 2. The summed E-state index contributed by atoms with van der Waals surface area (Å²) in [7, 11) is 0. The minimum absolute atomic E-state index is 0.00860. The first-order valence-corrected chi connectivity index (χ1v) is 12.7. The number of carbonyl (C=O) groups excluding carboxylic acids is 1. The second kappa shape index (κ2) is 12.1. The maximum absolute atomic E-state index is 14.6. The van der Waals surface area contributed by atoms with Gasteiger partial charge in [0.15, 0.2) is 0 Å². The Balaban J connectivity index is 1.89. The van der Waals surface area contributed by atoms with Gasteiger partial charge in [0, 0.05) is 38.1 Å². The number of ether oxygens (including phenoxy) is 1. The Kier molecular flexibility index (Phi) is 9.42. The van der Waals surface area contributed by atoms with E-state index in [0.717, 1.165) is 17.5 Å². The SMILES string of the molecule is C[C@@H](c1ccccc1)N(Cc1ccccc1)[C@@H](CCN1CCCCC1(F)F)CC(=O)OC(C)(C)C. The lowest BCUT2D eigenvalue weighted by atomic mass is 9.99. The van der Waals surface area contributed by atoms with E-state index in [1.165, 1.54) is 4.90 Å². The number of esters is 1. The standard InChI is InChI=1S/C29H40F2N2O2/c1-23(25-15-9-6-10-16-25)33(22-24-13-7-5-8-14-24)26(21-27(34)35-28(2,3)4)17-20-32-19-12-11-18-29(32,30)31/h5-10,13-16,23,26H,11-12,17-22H2,1-4H3/t23-,26-/m0/s1. The van der Waals surface area contributed by atoms with Gasteiger partial charge in [0.05, 0.1) is 6.42 Å². The summed E-state index contributed by atoms with van der Waals surface area (Å²) in [5.41, 5.74) is 1.64. The summed E-state index contributed by atoms with van der Waals surface area (Å²) in [6.45, 7) is 8.91. The largest absolute Gasteiger partial charge is 0.460 e. The molecule has 2 atom stereocenters. The molecular weight excluding hydrogens is 446 g/mol. The fourth-order valence-electron chi connectivity index (χ4n) is 4.80. The van der Waals surface area contributed by atoms with Gasteiger partial charge in [-0.25, -0.2) is 4.90 Å². The van der Waals surface area contributed by atoms with Gasteiger partial charge in [-0.05, 0) is 58.1 Å². The van der Waals surface area contributed by atoms with Crippen molar-refractivity contribution < 1.29 is 18.3 Å². The average molecular weight is 487 g/mol. The first-order valence-electron chi connectivity index (χ1n) is 12.7. The lowest BCUT2D eigenvalue weighted by molar-refractivity contribution is -0.169. The molecule has 0 aromatic heterocycles. The number of rotatable bonds is 10. The van der Waals surface area contributed by atoms with Crippen LogP contribution in [0.2, 0.25) is 0 Å². The van der Waals surface area contributed by atoms with Crippen LogP contribution in [0.15, 0.2) is 60.7 Å². The molecule has 1 heterocycles. The van der Waals surface area contributed by atoms with Crippen molar-refractivity contribution in [3.05, 3.63) is 71.8 Å². The fraction of sp³-hybridized carbons (Fsp3) is 0.552. The molecule has 192 valence electrons. The quantitative estimate of drug-likeness (QED) is 0.273. The van der Waals surface area contributed by atoms with E-state index in [9.17, 15) is 13.6 Å². The van der Waals surface area contributed by atoms with Crippen molar-refractivity contribution in [1.29, 1.82) is 0 Å². The number of benzene rings is 2. The highest BCUT2D eigenvalue weighted by molar-refractivity contribution is 5.70. The van der Waals surface area contributed by atoms with Crippen LogP contribution < -0.4 is 0 Å². The van der Waals surface area contributed by atoms with Crippen LogP contribution in [-0.2, 0) is 16.1 Å². The number of likely N-dealkylation sites (tertiary alicyclic amines) is 1. The highest BCUT2D eigenvalue weighted by Gasteiger charge is 2.39. The third kappa shape index (κ3) is 8.39. The normalized spacial score (nSPS) is 18.3. The molecule has 1 aliphatic heterocycles. The summed E-state index contributed by atoms with van der Waals surface area (Å²) >= 11 is 0. The van der Waals surface area contributed by atoms with Gasteiger partial charge >= 0.3 is 12.0 Å². The van der Waals surface area contributed by atoms with Crippen LogP contribution in [0.1, 0.15) is 77.0 Å². The molecule has 1 saturated heterocycles. The summed E-state index contributed by atoms with van der Waals surface area (Å²) in [5.74, 6) is -0.300. The predicted octanol–water partition coefficient (Wildman–Crippen LogP) is 6.82. The van der Waals surface area contributed by atoms with Crippen molar-refractivity contribution in [3.8, 4) is 0 Å². The van der Waals surface area contributed by atoms with Crippen molar-refractivity contribution >= 4 is 5.97 Å². The molecule has 0 N–H and O–H groups in total. The molecule has 6 heteroatoms. The number of nitrogens with zero attached hydrogens (tertiary/aromatic N) is 2. The molecule has 0 unspecified atom stereocenters. The summed E-state index contributed by atoms with van der Waals surface area (Å²) < 4.78 is 34.9. The molecule has 0 bridgehead atoms. The van der Waals surface area contributed by atoms with Gasteiger partial charge < -0.3 is 4.74 Å². The Morgan fingerprint density at radius 2 is 1.69 bits per heavy atom. The fourth-order valence-corrected chi connectivity index (χ4v) is 4.80. The molecule has 2 aromatic rings. The maximum atomic E-state index is 14.6. The van der Waals surface area contributed by atoms with Crippen LogP contribution in [-0.4, -0.2) is 46.5 Å². The van der Waals surface area contributed by atoms with E-state index in [2.05, 4.69) is 36.1 Å². The Hall–Kier alpha value is -2.31.